The molecule has 3 rings (SSSR count). The summed E-state index contributed by atoms with van der Waals surface area (Å²) in [5.41, 5.74) is 3.08. The van der Waals surface area contributed by atoms with Gasteiger partial charge in [0, 0.05) is 17.6 Å². The molecule has 3 aromatic rings. The number of sulfonamides is 1. The predicted octanol–water partition coefficient (Wildman–Crippen LogP) is 2.16. The summed E-state index contributed by atoms with van der Waals surface area (Å²) in [5, 5.41) is 8.79. The molecule has 0 unspecified atom stereocenters. The monoisotopic (exact) mass is 369 g/mol. The van der Waals surface area contributed by atoms with Crippen LogP contribution >= 0.6 is 0 Å². The molecular weight excluding hydrogens is 350 g/mol. The second kappa shape index (κ2) is 7.23. The molecule has 0 aliphatic rings. The number of nitrogens with two attached hydrogens (primary N) is 1. The van der Waals surface area contributed by atoms with E-state index in [0.717, 1.165) is 22.2 Å². The van der Waals surface area contributed by atoms with Crippen molar-refractivity contribution in [2.24, 2.45) is 5.14 Å². The van der Waals surface area contributed by atoms with Crippen LogP contribution in [-0.2, 0) is 16.4 Å². The fourth-order valence-electron chi connectivity index (χ4n) is 2.76. The van der Waals surface area contributed by atoms with Crippen molar-refractivity contribution in [2.45, 2.75) is 18.2 Å². The summed E-state index contributed by atoms with van der Waals surface area (Å²) in [6, 6.07) is 15.6. The van der Waals surface area contributed by atoms with Gasteiger partial charge in [-0.2, -0.15) is 0 Å². The second-order valence-electron chi connectivity index (χ2n) is 6.02. The van der Waals surface area contributed by atoms with Gasteiger partial charge in [0.1, 0.15) is 0 Å². The second-order valence-corrected chi connectivity index (χ2v) is 7.58. The number of amides is 1. The Morgan fingerprint density at radius 3 is 2.50 bits per heavy atom. The van der Waals surface area contributed by atoms with Gasteiger partial charge in [-0.05, 0) is 43.2 Å². The van der Waals surface area contributed by atoms with E-state index in [-0.39, 0.29) is 10.8 Å². The van der Waals surface area contributed by atoms with Crippen LogP contribution in [0.25, 0.3) is 10.9 Å². The third-order valence-corrected chi connectivity index (χ3v) is 4.97. The number of aryl methyl sites for hydroxylation is 1. The Kier molecular flexibility index (Phi) is 5.01. The number of carbonyl (C=O) groups excluding carboxylic acids is 1. The molecule has 26 heavy (non-hydrogen) atoms. The number of nitrogens with zero attached hydrogens (tertiary/aromatic N) is 1. The third-order valence-electron chi connectivity index (χ3n) is 4.04. The van der Waals surface area contributed by atoms with Crippen LogP contribution in [-0.4, -0.2) is 25.9 Å². The molecule has 0 aliphatic carbocycles. The van der Waals surface area contributed by atoms with Crippen LogP contribution in [0.2, 0.25) is 0 Å². The van der Waals surface area contributed by atoms with Crippen molar-refractivity contribution in [2.75, 3.05) is 6.54 Å². The van der Waals surface area contributed by atoms with Crippen molar-refractivity contribution in [3.8, 4) is 0 Å². The van der Waals surface area contributed by atoms with Gasteiger partial charge < -0.3 is 5.32 Å². The van der Waals surface area contributed by atoms with Crippen LogP contribution in [0.1, 0.15) is 21.6 Å². The lowest BCUT2D eigenvalue weighted by Crippen LogP contribution is -2.26. The largest absolute Gasteiger partial charge is 0.352 e. The minimum atomic E-state index is -3.69. The molecule has 1 amide bonds. The number of para-hydroxylation sites is 1. The van der Waals surface area contributed by atoms with Crippen LogP contribution < -0.4 is 10.5 Å². The smallest absolute Gasteiger partial charge is 0.252 e. The zero-order valence-electron chi connectivity index (χ0n) is 14.3. The molecule has 7 heteroatoms. The van der Waals surface area contributed by atoms with E-state index in [0.29, 0.717) is 18.5 Å². The summed E-state index contributed by atoms with van der Waals surface area (Å²) in [5.74, 6) is -0.159. The highest BCUT2D eigenvalue weighted by atomic mass is 32.2. The van der Waals surface area contributed by atoms with E-state index in [9.17, 15) is 13.2 Å². The Morgan fingerprint density at radius 2 is 1.81 bits per heavy atom. The fourth-order valence-corrected chi connectivity index (χ4v) is 3.27. The number of nitrogens with one attached hydrogen (secondary N) is 1. The van der Waals surface area contributed by atoms with Crippen molar-refractivity contribution >= 4 is 26.8 Å². The van der Waals surface area contributed by atoms with E-state index in [2.05, 4.69) is 10.3 Å². The molecule has 6 nitrogen and oxygen atoms in total. The van der Waals surface area contributed by atoms with E-state index < -0.39 is 10.0 Å². The van der Waals surface area contributed by atoms with Crippen molar-refractivity contribution < 1.29 is 13.2 Å². The van der Waals surface area contributed by atoms with Crippen LogP contribution in [0.5, 0.6) is 0 Å². The summed E-state index contributed by atoms with van der Waals surface area (Å²) in [7, 11) is -3.69. The molecule has 134 valence electrons. The highest BCUT2D eigenvalue weighted by molar-refractivity contribution is 7.89. The fraction of sp³-hybridized carbons (Fsp3) is 0.158. The first-order valence-electron chi connectivity index (χ1n) is 8.11. The summed E-state index contributed by atoms with van der Waals surface area (Å²) in [6.45, 7) is 2.29. The highest BCUT2D eigenvalue weighted by Crippen LogP contribution is 2.18. The van der Waals surface area contributed by atoms with Gasteiger partial charge in [-0.15, -0.1) is 0 Å². The number of aromatic nitrogens is 1. The number of hydrogen-bond donors (Lipinski definition) is 2. The quantitative estimate of drug-likeness (QED) is 0.719. The molecule has 0 aliphatic heterocycles. The Balaban J connectivity index is 1.68. The molecule has 2 aromatic carbocycles. The Morgan fingerprint density at radius 1 is 1.12 bits per heavy atom. The first kappa shape index (κ1) is 18.0. The summed E-state index contributed by atoms with van der Waals surface area (Å²) in [4.78, 5) is 17.1. The zero-order valence-corrected chi connectivity index (χ0v) is 15.1. The van der Waals surface area contributed by atoms with Crippen molar-refractivity contribution in [3.05, 3.63) is 71.4 Å². The van der Waals surface area contributed by atoms with Crippen LogP contribution in [0.4, 0.5) is 0 Å². The number of pyridine rings is 1. The van der Waals surface area contributed by atoms with Gasteiger partial charge in [0.25, 0.3) is 5.91 Å². The molecule has 0 saturated heterocycles. The maximum atomic E-state index is 12.6. The van der Waals surface area contributed by atoms with Crippen molar-refractivity contribution in [3.63, 3.8) is 0 Å². The lowest BCUT2D eigenvalue weighted by molar-refractivity contribution is 0.0955. The maximum Gasteiger partial charge on any atom is 0.252 e. The molecule has 1 aromatic heterocycles. The van der Waals surface area contributed by atoms with Gasteiger partial charge in [0.15, 0.2) is 0 Å². The van der Waals surface area contributed by atoms with E-state index in [1.54, 1.807) is 18.2 Å². The first-order valence-corrected chi connectivity index (χ1v) is 9.65. The maximum absolute atomic E-state index is 12.6. The van der Waals surface area contributed by atoms with E-state index in [1.165, 1.54) is 12.1 Å². The average molecular weight is 369 g/mol. The van der Waals surface area contributed by atoms with Gasteiger partial charge >= 0.3 is 0 Å². The van der Waals surface area contributed by atoms with Gasteiger partial charge in [-0.25, -0.2) is 13.6 Å². The van der Waals surface area contributed by atoms with E-state index >= 15 is 0 Å². The summed E-state index contributed by atoms with van der Waals surface area (Å²) < 4.78 is 22.5. The predicted molar refractivity (Wildman–Crippen MR) is 100 cm³/mol. The third kappa shape index (κ3) is 4.07. The van der Waals surface area contributed by atoms with E-state index in [4.69, 9.17) is 5.14 Å². The number of hydrogen-bond acceptors (Lipinski definition) is 4. The molecule has 0 radical (unpaired) electrons. The number of carbonyl (C=O) groups is 1. The minimum Gasteiger partial charge on any atom is -0.352 e. The zero-order chi connectivity index (χ0) is 18.7. The lowest BCUT2D eigenvalue weighted by atomic mass is 10.1. The molecular formula is C19H19N3O3S. The molecule has 0 atom stereocenters. The number of primary sulfonamides is 1. The summed E-state index contributed by atoms with van der Waals surface area (Å²) in [6.07, 6.45) is 0.582. The van der Waals surface area contributed by atoms with Gasteiger partial charge in [0.05, 0.1) is 16.0 Å². The molecule has 3 N–H and O–H groups in total. The normalized spacial score (nSPS) is 11.5. The van der Waals surface area contributed by atoms with Crippen molar-refractivity contribution in [1.82, 2.24) is 10.3 Å². The molecule has 0 spiro atoms. The first-order chi connectivity index (χ1) is 12.3. The number of rotatable bonds is 5. The van der Waals surface area contributed by atoms with Gasteiger partial charge in [0.2, 0.25) is 10.0 Å². The Bertz CT molecular complexity index is 1060. The SMILES string of the molecule is Cc1cc(C(=O)NCCc2ccc(S(N)(=O)=O)cc2)c2ccccc2n1. The van der Waals surface area contributed by atoms with Crippen LogP contribution in [0.3, 0.4) is 0 Å². The highest BCUT2D eigenvalue weighted by Gasteiger charge is 2.11. The topological polar surface area (TPSA) is 102 Å². The van der Waals surface area contributed by atoms with E-state index in [1.807, 2.05) is 31.2 Å². The van der Waals surface area contributed by atoms with Gasteiger partial charge in [-0.3, -0.25) is 9.78 Å². The summed E-state index contributed by atoms with van der Waals surface area (Å²) >= 11 is 0. The molecule has 0 saturated carbocycles. The Hall–Kier alpha value is -2.77. The molecule has 0 bridgehead atoms. The standard InChI is InChI=1S/C19H19N3O3S/c1-13-12-17(16-4-2-3-5-18(16)22-13)19(23)21-11-10-14-6-8-15(9-7-14)26(20,24)25/h2-9,12H,10-11H2,1H3,(H,21,23)(H2,20,24,25). The lowest BCUT2D eigenvalue weighted by Gasteiger charge is -2.09. The number of benzene rings is 2. The average Bonchev–Trinajstić information content (AvgIpc) is 2.60. The van der Waals surface area contributed by atoms with Crippen LogP contribution in [0.15, 0.2) is 59.5 Å². The van der Waals surface area contributed by atoms with Crippen molar-refractivity contribution in [1.29, 1.82) is 0 Å². The number of fused-ring (bicyclic) bond motifs is 1. The molecule has 0 fully saturated rings. The van der Waals surface area contributed by atoms with Gasteiger partial charge in [-0.1, -0.05) is 30.3 Å². The molecule has 1 heterocycles. The van der Waals surface area contributed by atoms with Crippen LogP contribution in [0, 0.1) is 6.92 Å². The minimum absolute atomic E-state index is 0.0732. The Labute approximate surface area is 152 Å².